The second-order valence-corrected chi connectivity index (χ2v) is 12.1. The molecule has 3 aromatic rings. The van der Waals surface area contributed by atoms with Crippen LogP contribution in [0.1, 0.15) is 60.8 Å². The highest BCUT2D eigenvalue weighted by molar-refractivity contribution is 7.92. The first-order valence-corrected chi connectivity index (χ1v) is 13.3. The summed E-state index contributed by atoms with van der Waals surface area (Å²) < 4.78 is 28.9. The lowest BCUT2D eigenvalue weighted by Crippen LogP contribution is -2.38. The van der Waals surface area contributed by atoms with Crippen LogP contribution in [0.25, 0.3) is 11.3 Å². The summed E-state index contributed by atoms with van der Waals surface area (Å²) in [5.41, 5.74) is 4.74. The fraction of sp³-hybridized carbons (Fsp3) is 0.370. The third-order valence-electron chi connectivity index (χ3n) is 6.09. The minimum atomic E-state index is -4.00. The van der Waals surface area contributed by atoms with E-state index in [1.807, 2.05) is 38.1 Å². The summed E-state index contributed by atoms with van der Waals surface area (Å²) in [4.78, 5) is 22.2. The van der Waals surface area contributed by atoms with E-state index in [0.29, 0.717) is 24.1 Å². The fourth-order valence-electron chi connectivity index (χ4n) is 4.56. The Morgan fingerprint density at radius 2 is 1.69 bits per heavy atom. The molecule has 7 nitrogen and oxygen atoms in total. The van der Waals surface area contributed by atoms with Gasteiger partial charge in [0.2, 0.25) is 5.95 Å². The number of nitrogens with one attached hydrogen (secondary N) is 2. The number of anilines is 1. The second-order valence-electron chi connectivity index (χ2n) is 10.4. The molecule has 0 unspecified atom stereocenters. The van der Waals surface area contributed by atoms with Crippen LogP contribution in [0.15, 0.2) is 53.4 Å². The molecule has 2 aromatic carbocycles. The van der Waals surface area contributed by atoms with Crippen LogP contribution in [0.5, 0.6) is 0 Å². The predicted molar refractivity (Wildman–Crippen MR) is 138 cm³/mol. The maximum atomic E-state index is 13.2. The zero-order chi connectivity index (χ0) is 25.4. The molecule has 4 bridgehead atoms. The van der Waals surface area contributed by atoms with E-state index in [2.05, 4.69) is 40.8 Å². The Morgan fingerprint density at radius 1 is 1.00 bits per heavy atom. The zero-order valence-corrected chi connectivity index (χ0v) is 21.7. The van der Waals surface area contributed by atoms with E-state index < -0.39 is 10.0 Å². The SMILES string of the molecule is Cc1cccc(C)c1-c1cc2nc(n1)NS(=O)(=O)c1cccc(c1)C(=O)N[C@H](CC(C)(C)C)CC2. The molecule has 0 fully saturated rings. The van der Waals surface area contributed by atoms with Gasteiger partial charge >= 0.3 is 0 Å². The number of carbonyl (C=O) groups is 1. The van der Waals surface area contributed by atoms with Gasteiger partial charge in [0, 0.05) is 22.9 Å². The van der Waals surface area contributed by atoms with Crippen molar-refractivity contribution in [3.8, 4) is 11.3 Å². The van der Waals surface area contributed by atoms with Gasteiger partial charge in [-0.1, -0.05) is 45.0 Å². The highest BCUT2D eigenvalue weighted by Gasteiger charge is 2.24. The van der Waals surface area contributed by atoms with Crippen molar-refractivity contribution in [1.82, 2.24) is 15.3 Å². The summed E-state index contributed by atoms with van der Waals surface area (Å²) in [7, 11) is -4.00. The first-order valence-electron chi connectivity index (χ1n) is 11.8. The fourth-order valence-corrected chi connectivity index (χ4v) is 5.55. The van der Waals surface area contributed by atoms with Crippen LogP contribution in [0.4, 0.5) is 5.95 Å². The van der Waals surface area contributed by atoms with E-state index in [1.165, 1.54) is 12.1 Å². The topological polar surface area (TPSA) is 101 Å². The zero-order valence-electron chi connectivity index (χ0n) is 20.8. The van der Waals surface area contributed by atoms with Crippen LogP contribution in [-0.4, -0.2) is 30.3 Å². The van der Waals surface area contributed by atoms with Gasteiger partial charge in [-0.05, 0) is 73.9 Å². The molecule has 35 heavy (non-hydrogen) atoms. The van der Waals surface area contributed by atoms with E-state index in [4.69, 9.17) is 0 Å². The minimum Gasteiger partial charge on any atom is -0.349 e. The number of hydrogen-bond acceptors (Lipinski definition) is 5. The lowest BCUT2D eigenvalue weighted by molar-refractivity contribution is 0.0923. The molecule has 0 radical (unpaired) electrons. The van der Waals surface area contributed by atoms with Crippen molar-refractivity contribution >= 4 is 21.9 Å². The number of hydrogen-bond donors (Lipinski definition) is 2. The summed E-state index contributed by atoms with van der Waals surface area (Å²) in [5.74, 6) is -0.263. The molecule has 1 atom stereocenters. The molecule has 0 saturated carbocycles. The number of fused-ring (bicyclic) bond motifs is 4. The van der Waals surface area contributed by atoms with Gasteiger partial charge < -0.3 is 5.32 Å². The van der Waals surface area contributed by atoms with Gasteiger partial charge in [-0.15, -0.1) is 0 Å². The summed E-state index contributed by atoms with van der Waals surface area (Å²) in [6.07, 6.45) is 2.00. The number of carbonyl (C=O) groups excluding carboxylic acids is 1. The number of sulfonamides is 1. The maximum absolute atomic E-state index is 13.2. The van der Waals surface area contributed by atoms with E-state index in [-0.39, 0.29) is 28.2 Å². The van der Waals surface area contributed by atoms with Crippen LogP contribution in [-0.2, 0) is 16.4 Å². The van der Waals surface area contributed by atoms with Crippen molar-refractivity contribution in [1.29, 1.82) is 0 Å². The Kier molecular flexibility index (Phi) is 6.68. The number of aryl methyl sites for hydroxylation is 3. The Labute approximate surface area is 207 Å². The average Bonchev–Trinajstić information content (AvgIpc) is 2.76. The number of amides is 1. The number of rotatable bonds is 2. The largest absolute Gasteiger partial charge is 0.349 e. The molecule has 2 N–H and O–H groups in total. The average molecular weight is 493 g/mol. The number of benzene rings is 2. The number of nitrogens with zero attached hydrogens (tertiary/aromatic N) is 2. The quantitative estimate of drug-likeness (QED) is 0.522. The van der Waals surface area contributed by atoms with Crippen LogP contribution >= 0.6 is 0 Å². The molecule has 1 aromatic heterocycles. The lowest BCUT2D eigenvalue weighted by Gasteiger charge is -2.27. The van der Waals surface area contributed by atoms with Gasteiger partial charge in [0.25, 0.3) is 15.9 Å². The van der Waals surface area contributed by atoms with Crippen molar-refractivity contribution in [2.75, 3.05) is 4.72 Å². The molecular formula is C27H32N4O3S. The van der Waals surface area contributed by atoms with Gasteiger partial charge in [-0.2, -0.15) is 0 Å². The van der Waals surface area contributed by atoms with Crippen LogP contribution in [0, 0.1) is 19.3 Å². The van der Waals surface area contributed by atoms with Crippen molar-refractivity contribution in [2.24, 2.45) is 5.41 Å². The first kappa shape index (κ1) is 24.9. The van der Waals surface area contributed by atoms with E-state index >= 15 is 0 Å². The lowest BCUT2D eigenvalue weighted by atomic mass is 9.86. The van der Waals surface area contributed by atoms with Crippen LogP contribution in [0.3, 0.4) is 0 Å². The van der Waals surface area contributed by atoms with Gasteiger partial charge in [0.15, 0.2) is 0 Å². The molecule has 0 spiro atoms. The molecule has 4 rings (SSSR count). The highest BCUT2D eigenvalue weighted by Crippen LogP contribution is 2.29. The smallest absolute Gasteiger partial charge is 0.264 e. The standard InChI is InChI=1S/C27H32N4O3S/c1-17-8-6-9-18(2)24(17)23-15-20-12-13-21(16-27(3,4)5)28-25(32)19-10-7-11-22(14-19)35(33,34)31-26(29-20)30-23/h6-11,14-15,21H,12-13,16H2,1-5H3,(H,28,32)(H,29,30,31)/t21-/m0/s1. The van der Waals surface area contributed by atoms with E-state index in [9.17, 15) is 13.2 Å². The second kappa shape index (κ2) is 9.41. The number of aromatic nitrogens is 2. The molecule has 2 heterocycles. The van der Waals surface area contributed by atoms with E-state index in [0.717, 1.165) is 28.8 Å². The molecule has 1 aliphatic heterocycles. The third-order valence-corrected chi connectivity index (χ3v) is 7.42. The normalized spacial score (nSPS) is 17.9. The molecule has 1 aliphatic rings. The first-order chi connectivity index (χ1) is 16.4. The molecular weight excluding hydrogens is 460 g/mol. The van der Waals surface area contributed by atoms with Crippen LogP contribution in [0.2, 0.25) is 0 Å². The van der Waals surface area contributed by atoms with Crippen molar-refractivity contribution in [3.05, 3.63) is 70.9 Å². The van der Waals surface area contributed by atoms with Gasteiger partial charge in [0.1, 0.15) is 0 Å². The third kappa shape index (κ3) is 5.88. The van der Waals surface area contributed by atoms with Crippen molar-refractivity contribution in [2.45, 2.75) is 64.8 Å². The Hall–Kier alpha value is -3.26. The summed E-state index contributed by atoms with van der Waals surface area (Å²) in [6, 6.07) is 13.9. The van der Waals surface area contributed by atoms with Gasteiger partial charge in [-0.3, -0.25) is 4.79 Å². The van der Waals surface area contributed by atoms with Gasteiger partial charge in [0.05, 0.1) is 10.6 Å². The van der Waals surface area contributed by atoms with Gasteiger partial charge in [-0.25, -0.2) is 23.1 Å². The van der Waals surface area contributed by atoms with Crippen molar-refractivity contribution < 1.29 is 13.2 Å². The molecule has 8 heteroatoms. The Bertz CT molecular complexity index is 1360. The Morgan fingerprint density at radius 3 is 2.37 bits per heavy atom. The summed E-state index contributed by atoms with van der Waals surface area (Å²) >= 11 is 0. The monoisotopic (exact) mass is 492 g/mol. The highest BCUT2D eigenvalue weighted by atomic mass is 32.2. The van der Waals surface area contributed by atoms with Crippen LogP contribution < -0.4 is 10.0 Å². The molecule has 0 saturated heterocycles. The summed E-state index contributed by atoms with van der Waals surface area (Å²) in [6.45, 7) is 10.4. The van der Waals surface area contributed by atoms with E-state index in [1.54, 1.807) is 12.1 Å². The Balaban J connectivity index is 1.86. The molecule has 1 amide bonds. The predicted octanol–water partition coefficient (Wildman–Crippen LogP) is 5.04. The molecule has 184 valence electrons. The maximum Gasteiger partial charge on any atom is 0.264 e. The molecule has 0 aliphatic carbocycles. The van der Waals surface area contributed by atoms with Crippen molar-refractivity contribution in [3.63, 3.8) is 0 Å². The minimum absolute atomic E-state index is 0.00109. The summed E-state index contributed by atoms with van der Waals surface area (Å²) in [5, 5.41) is 3.12.